The van der Waals surface area contributed by atoms with E-state index in [9.17, 15) is 8.78 Å². The molecular formula is C14H18ClF2NO. The highest BCUT2D eigenvalue weighted by Gasteiger charge is 2.20. The van der Waals surface area contributed by atoms with Crippen molar-refractivity contribution in [2.24, 2.45) is 0 Å². The van der Waals surface area contributed by atoms with Crippen LogP contribution in [0.4, 0.5) is 8.78 Å². The largest absolute Gasteiger partial charge is 0.377 e. The second kappa shape index (κ2) is 7.17. The van der Waals surface area contributed by atoms with Gasteiger partial charge in [0.25, 0.3) is 0 Å². The Balaban J connectivity index is 1.82. The Bertz CT molecular complexity index is 408. The summed E-state index contributed by atoms with van der Waals surface area (Å²) >= 11 is 5.58. The molecule has 1 aromatic rings. The van der Waals surface area contributed by atoms with Crippen LogP contribution in [0.1, 0.15) is 18.4 Å². The lowest BCUT2D eigenvalue weighted by Gasteiger charge is -2.31. The highest BCUT2D eigenvalue weighted by atomic mass is 35.5. The predicted octanol–water partition coefficient (Wildman–Crippen LogP) is 3.18. The predicted molar refractivity (Wildman–Crippen MR) is 71.3 cm³/mol. The molecule has 0 atom stereocenters. The SMILES string of the molecule is Fc1ccc(CN2CCC(OCCCl)CC2)c(F)c1. The first kappa shape index (κ1) is 14.7. The van der Waals surface area contributed by atoms with E-state index in [1.807, 2.05) is 0 Å². The number of ether oxygens (including phenoxy) is 1. The fraction of sp³-hybridized carbons (Fsp3) is 0.571. The lowest BCUT2D eigenvalue weighted by atomic mass is 10.1. The Morgan fingerprint density at radius 1 is 1.26 bits per heavy atom. The van der Waals surface area contributed by atoms with Crippen LogP contribution in [0.2, 0.25) is 0 Å². The Morgan fingerprint density at radius 2 is 2.00 bits per heavy atom. The molecule has 0 saturated carbocycles. The molecule has 0 N–H and O–H groups in total. The van der Waals surface area contributed by atoms with Gasteiger partial charge in [-0.3, -0.25) is 4.90 Å². The fourth-order valence-corrected chi connectivity index (χ4v) is 2.43. The highest BCUT2D eigenvalue weighted by molar-refractivity contribution is 6.17. The van der Waals surface area contributed by atoms with Crippen molar-refractivity contribution in [3.63, 3.8) is 0 Å². The third kappa shape index (κ3) is 4.41. The van der Waals surface area contributed by atoms with Crippen LogP contribution >= 0.6 is 11.6 Å². The summed E-state index contributed by atoms with van der Waals surface area (Å²) in [5, 5.41) is 0. The summed E-state index contributed by atoms with van der Waals surface area (Å²) in [5.74, 6) is -0.490. The molecule has 1 fully saturated rings. The van der Waals surface area contributed by atoms with Crippen molar-refractivity contribution in [1.82, 2.24) is 4.90 Å². The third-order valence-corrected chi connectivity index (χ3v) is 3.53. The van der Waals surface area contributed by atoms with E-state index in [0.717, 1.165) is 32.0 Å². The van der Waals surface area contributed by atoms with Crippen LogP contribution in [0.15, 0.2) is 18.2 Å². The van der Waals surface area contributed by atoms with Crippen LogP contribution in [0.3, 0.4) is 0 Å². The van der Waals surface area contributed by atoms with E-state index in [-0.39, 0.29) is 6.10 Å². The number of nitrogens with zero attached hydrogens (tertiary/aromatic N) is 1. The first-order valence-corrected chi connectivity index (χ1v) is 7.06. The summed E-state index contributed by atoms with van der Waals surface area (Å²) in [6, 6.07) is 3.75. The highest BCUT2D eigenvalue weighted by Crippen LogP contribution is 2.18. The molecule has 19 heavy (non-hydrogen) atoms. The van der Waals surface area contributed by atoms with Crippen LogP contribution in [0.25, 0.3) is 0 Å². The van der Waals surface area contributed by atoms with Gasteiger partial charge in [0, 0.05) is 37.1 Å². The molecule has 0 spiro atoms. The van der Waals surface area contributed by atoms with Crippen molar-refractivity contribution < 1.29 is 13.5 Å². The average molecular weight is 290 g/mol. The number of likely N-dealkylation sites (tertiary alicyclic amines) is 1. The molecule has 0 unspecified atom stereocenters. The zero-order valence-corrected chi connectivity index (χ0v) is 11.5. The Morgan fingerprint density at radius 3 is 2.63 bits per heavy atom. The number of rotatable bonds is 5. The molecule has 5 heteroatoms. The number of piperidine rings is 1. The Hall–Kier alpha value is -0.710. The van der Waals surface area contributed by atoms with Gasteiger partial charge in [0.2, 0.25) is 0 Å². The molecule has 0 aromatic heterocycles. The molecule has 1 saturated heterocycles. The van der Waals surface area contributed by atoms with Gasteiger partial charge in [-0.1, -0.05) is 6.07 Å². The van der Waals surface area contributed by atoms with E-state index in [2.05, 4.69) is 4.90 Å². The van der Waals surface area contributed by atoms with Crippen LogP contribution < -0.4 is 0 Å². The summed E-state index contributed by atoms with van der Waals surface area (Å²) in [6.45, 7) is 2.83. The molecule has 0 aliphatic carbocycles. The second-order valence-electron chi connectivity index (χ2n) is 4.77. The third-order valence-electron chi connectivity index (χ3n) is 3.37. The van der Waals surface area contributed by atoms with Gasteiger partial charge in [-0.05, 0) is 18.9 Å². The topological polar surface area (TPSA) is 12.5 Å². The summed E-state index contributed by atoms with van der Waals surface area (Å²) in [6.07, 6.45) is 2.12. The zero-order chi connectivity index (χ0) is 13.7. The van der Waals surface area contributed by atoms with Crippen LogP contribution in [-0.2, 0) is 11.3 Å². The first-order valence-electron chi connectivity index (χ1n) is 6.53. The van der Waals surface area contributed by atoms with Gasteiger partial charge < -0.3 is 4.74 Å². The minimum Gasteiger partial charge on any atom is -0.377 e. The van der Waals surface area contributed by atoms with Gasteiger partial charge in [0.05, 0.1) is 12.7 Å². The summed E-state index contributed by atoms with van der Waals surface area (Å²) in [4.78, 5) is 2.16. The number of halogens is 3. The summed E-state index contributed by atoms with van der Waals surface area (Å²) in [7, 11) is 0. The molecule has 106 valence electrons. The van der Waals surface area contributed by atoms with Gasteiger partial charge in [-0.25, -0.2) is 8.78 Å². The van der Waals surface area contributed by atoms with Crippen molar-refractivity contribution in [1.29, 1.82) is 0 Å². The fourth-order valence-electron chi connectivity index (χ4n) is 2.34. The molecule has 2 rings (SSSR count). The second-order valence-corrected chi connectivity index (χ2v) is 5.15. The summed E-state index contributed by atoms with van der Waals surface area (Å²) in [5.41, 5.74) is 0.543. The van der Waals surface area contributed by atoms with E-state index in [1.54, 1.807) is 0 Å². The first-order chi connectivity index (χ1) is 9.19. The normalized spacial score (nSPS) is 17.8. The van der Waals surface area contributed by atoms with E-state index in [0.29, 0.717) is 24.6 Å². The van der Waals surface area contributed by atoms with Crippen molar-refractivity contribution in [3.8, 4) is 0 Å². The molecule has 0 amide bonds. The Labute approximate surface area is 117 Å². The van der Waals surface area contributed by atoms with Crippen molar-refractivity contribution in [2.45, 2.75) is 25.5 Å². The van der Waals surface area contributed by atoms with E-state index in [4.69, 9.17) is 16.3 Å². The average Bonchev–Trinajstić information content (AvgIpc) is 2.41. The lowest BCUT2D eigenvalue weighted by molar-refractivity contribution is 0.0133. The van der Waals surface area contributed by atoms with Gasteiger partial charge in [0.15, 0.2) is 0 Å². The van der Waals surface area contributed by atoms with E-state index in [1.165, 1.54) is 12.1 Å². The molecule has 1 heterocycles. The van der Waals surface area contributed by atoms with Crippen molar-refractivity contribution >= 4 is 11.6 Å². The zero-order valence-electron chi connectivity index (χ0n) is 10.7. The van der Waals surface area contributed by atoms with Crippen LogP contribution in [-0.4, -0.2) is 36.6 Å². The Kier molecular flexibility index (Phi) is 5.55. The maximum Gasteiger partial charge on any atom is 0.130 e. The van der Waals surface area contributed by atoms with Gasteiger partial charge in [0.1, 0.15) is 11.6 Å². The quantitative estimate of drug-likeness (QED) is 0.772. The maximum atomic E-state index is 13.5. The molecular weight excluding hydrogens is 272 g/mol. The molecule has 1 aromatic carbocycles. The van der Waals surface area contributed by atoms with Gasteiger partial charge in [-0.2, -0.15) is 0 Å². The molecule has 0 radical (unpaired) electrons. The van der Waals surface area contributed by atoms with E-state index >= 15 is 0 Å². The minimum atomic E-state index is -0.533. The molecule has 0 bridgehead atoms. The number of benzene rings is 1. The lowest BCUT2D eigenvalue weighted by Crippen LogP contribution is -2.37. The molecule has 2 nitrogen and oxygen atoms in total. The van der Waals surface area contributed by atoms with Crippen molar-refractivity contribution in [3.05, 3.63) is 35.4 Å². The number of hydrogen-bond donors (Lipinski definition) is 0. The minimum absolute atomic E-state index is 0.257. The molecule has 1 aliphatic rings. The van der Waals surface area contributed by atoms with Crippen LogP contribution in [0.5, 0.6) is 0 Å². The standard InChI is InChI=1S/C14H18ClF2NO/c15-5-8-19-13-3-6-18(7-4-13)10-11-1-2-12(16)9-14(11)17/h1-2,9,13H,3-8,10H2. The van der Waals surface area contributed by atoms with Gasteiger partial charge >= 0.3 is 0 Å². The smallest absolute Gasteiger partial charge is 0.130 e. The monoisotopic (exact) mass is 289 g/mol. The van der Waals surface area contributed by atoms with Crippen molar-refractivity contribution in [2.75, 3.05) is 25.6 Å². The number of hydrogen-bond acceptors (Lipinski definition) is 2. The molecule has 1 aliphatic heterocycles. The van der Waals surface area contributed by atoms with E-state index < -0.39 is 11.6 Å². The maximum absolute atomic E-state index is 13.5. The van der Waals surface area contributed by atoms with Crippen LogP contribution in [0, 0.1) is 11.6 Å². The summed E-state index contributed by atoms with van der Waals surface area (Å²) < 4.78 is 31.9. The van der Waals surface area contributed by atoms with Gasteiger partial charge in [-0.15, -0.1) is 11.6 Å². The number of alkyl halides is 1.